The summed E-state index contributed by atoms with van der Waals surface area (Å²) in [6.07, 6.45) is 0.759. The predicted molar refractivity (Wildman–Crippen MR) is 48.8 cm³/mol. The molecule has 0 bridgehead atoms. The lowest BCUT2D eigenvalue weighted by atomic mass is 10.2. The van der Waals surface area contributed by atoms with Crippen molar-refractivity contribution in [3.8, 4) is 0 Å². The van der Waals surface area contributed by atoms with E-state index in [1.54, 1.807) is 6.92 Å². The van der Waals surface area contributed by atoms with Crippen molar-refractivity contribution in [3.63, 3.8) is 0 Å². The molecule has 1 aromatic rings. The third kappa shape index (κ3) is 1.74. The van der Waals surface area contributed by atoms with Crippen LogP contribution < -0.4 is 5.32 Å². The lowest BCUT2D eigenvalue weighted by Gasteiger charge is -2.00. The molecule has 2 rings (SSSR count). The number of hydrogen-bond acceptors (Lipinski definition) is 6. The Hall–Kier alpha value is -1.43. The van der Waals surface area contributed by atoms with E-state index < -0.39 is 0 Å². The van der Waals surface area contributed by atoms with E-state index in [4.69, 9.17) is 9.36 Å². The highest BCUT2D eigenvalue weighted by molar-refractivity contribution is 5.88. The average Bonchev–Trinajstić information content (AvgIpc) is 2.74. The van der Waals surface area contributed by atoms with Crippen LogP contribution in [0.4, 0.5) is 0 Å². The first kappa shape index (κ1) is 9.14. The largest absolute Gasteiger partial charge is 0.399 e. The van der Waals surface area contributed by atoms with Crippen molar-refractivity contribution in [2.75, 3.05) is 13.7 Å². The summed E-state index contributed by atoms with van der Waals surface area (Å²) in [6, 6.07) is 0.0742. The molecule has 14 heavy (non-hydrogen) atoms. The van der Waals surface area contributed by atoms with Crippen LogP contribution in [0.5, 0.6) is 0 Å². The van der Waals surface area contributed by atoms with Crippen molar-refractivity contribution in [2.45, 2.75) is 19.4 Å². The van der Waals surface area contributed by atoms with Gasteiger partial charge in [-0.2, -0.15) is 4.98 Å². The van der Waals surface area contributed by atoms with Crippen molar-refractivity contribution in [2.24, 2.45) is 5.16 Å². The summed E-state index contributed by atoms with van der Waals surface area (Å²) in [7, 11) is 1.54. The fourth-order valence-corrected chi connectivity index (χ4v) is 1.45. The van der Waals surface area contributed by atoms with Gasteiger partial charge in [0.05, 0.1) is 11.8 Å². The van der Waals surface area contributed by atoms with Crippen LogP contribution in [0.15, 0.2) is 9.68 Å². The zero-order valence-corrected chi connectivity index (χ0v) is 8.15. The lowest BCUT2D eigenvalue weighted by molar-refractivity contribution is 0.212. The zero-order chi connectivity index (χ0) is 9.97. The summed E-state index contributed by atoms with van der Waals surface area (Å²) in [5.41, 5.74) is 0.966. The lowest BCUT2D eigenvalue weighted by Crippen LogP contribution is -2.14. The first-order valence-corrected chi connectivity index (χ1v) is 4.42. The van der Waals surface area contributed by atoms with E-state index in [-0.39, 0.29) is 6.04 Å². The average molecular weight is 196 g/mol. The van der Waals surface area contributed by atoms with Crippen molar-refractivity contribution < 1.29 is 9.36 Å². The molecule has 0 spiro atoms. The second kappa shape index (κ2) is 3.75. The van der Waals surface area contributed by atoms with Crippen molar-refractivity contribution in [1.29, 1.82) is 0 Å². The van der Waals surface area contributed by atoms with Gasteiger partial charge in [0.15, 0.2) is 5.82 Å². The summed E-state index contributed by atoms with van der Waals surface area (Å²) in [5, 5.41) is 10.8. The highest BCUT2D eigenvalue weighted by atomic mass is 16.6. The number of nitrogens with one attached hydrogen (secondary N) is 1. The van der Waals surface area contributed by atoms with Crippen LogP contribution >= 0.6 is 0 Å². The molecule has 0 radical (unpaired) electrons. The number of aryl methyl sites for hydroxylation is 1. The molecule has 2 heterocycles. The van der Waals surface area contributed by atoms with Crippen molar-refractivity contribution in [3.05, 3.63) is 11.7 Å². The van der Waals surface area contributed by atoms with Crippen LogP contribution in [0.2, 0.25) is 0 Å². The maximum atomic E-state index is 5.06. The summed E-state index contributed by atoms with van der Waals surface area (Å²) >= 11 is 0. The zero-order valence-electron chi connectivity index (χ0n) is 8.15. The highest BCUT2D eigenvalue weighted by Gasteiger charge is 2.26. The van der Waals surface area contributed by atoms with Crippen molar-refractivity contribution in [1.82, 2.24) is 15.5 Å². The fourth-order valence-electron chi connectivity index (χ4n) is 1.45. The van der Waals surface area contributed by atoms with Crippen LogP contribution in [0.3, 0.4) is 0 Å². The van der Waals surface area contributed by atoms with Gasteiger partial charge in [-0.05, 0) is 6.92 Å². The first-order chi connectivity index (χ1) is 6.79. The minimum absolute atomic E-state index is 0.0742. The molecule has 0 unspecified atom stereocenters. The van der Waals surface area contributed by atoms with Gasteiger partial charge in [0.1, 0.15) is 7.11 Å². The van der Waals surface area contributed by atoms with E-state index in [2.05, 4.69) is 20.6 Å². The number of aromatic nitrogens is 2. The molecule has 1 aliphatic rings. The van der Waals surface area contributed by atoms with Gasteiger partial charge in [0, 0.05) is 13.0 Å². The Bertz CT molecular complexity index is 347. The Morgan fingerprint density at radius 3 is 3.14 bits per heavy atom. The molecule has 1 aromatic heterocycles. The highest BCUT2D eigenvalue weighted by Crippen LogP contribution is 2.19. The molecule has 0 amide bonds. The van der Waals surface area contributed by atoms with Gasteiger partial charge >= 0.3 is 0 Å². The van der Waals surface area contributed by atoms with E-state index in [1.165, 1.54) is 7.11 Å². The van der Waals surface area contributed by atoms with Gasteiger partial charge < -0.3 is 14.7 Å². The fraction of sp³-hybridized carbons (Fsp3) is 0.625. The summed E-state index contributed by atoms with van der Waals surface area (Å²) in [4.78, 5) is 8.85. The second-order valence-electron chi connectivity index (χ2n) is 3.16. The maximum Gasteiger partial charge on any atom is 0.244 e. The molecule has 0 saturated carbocycles. The number of rotatable bonds is 2. The topological polar surface area (TPSA) is 72.5 Å². The summed E-state index contributed by atoms with van der Waals surface area (Å²) < 4.78 is 5.06. The molecule has 0 aromatic carbocycles. The minimum atomic E-state index is 0.0742. The monoisotopic (exact) mass is 196 g/mol. The molecular formula is C8H12N4O2. The van der Waals surface area contributed by atoms with E-state index in [1.807, 2.05) is 0 Å². The Labute approximate surface area is 81.3 Å². The van der Waals surface area contributed by atoms with Gasteiger partial charge in [-0.25, -0.2) is 0 Å². The van der Waals surface area contributed by atoms with E-state index in [0.717, 1.165) is 12.1 Å². The molecule has 1 atom stereocenters. The molecular weight excluding hydrogens is 184 g/mol. The predicted octanol–water partition coefficient (Wildman–Crippen LogP) is 0.415. The molecule has 1 saturated heterocycles. The van der Waals surface area contributed by atoms with E-state index in [0.29, 0.717) is 18.3 Å². The standard InChI is InChI=1S/C8H12N4O2/c1-5-10-8(14-11-5)7-3-6(4-9-7)12-13-2/h7,9H,3-4H2,1-2H3/t7-/m0/s1. The van der Waals surface area contributed by atoms with Gasteiger partial charge in [0.25, 0.3) is 0 Å². The van der Waals surface area contributed by atoms with Gasteiger partial charge in [-0.3, -0.25) is 0 Å². The van der Waals surface area contributed by atoms with Crippen LogP contribution in [-0.4, -0.2) is 29.5 Å². The summed E-state index contributed by atoms with van der Waals surface area (Å²) in [6.45, 7) is 2.51. The van der Waals surface area contributed by atoms with Crippen LogP contribution in [0.25, 0.3) is 0 Å². The van der Waals surface area contributed by atoms with E-state index >= 15 is 0 Å². The molecule has 1 N–H and O–H groups in total. The Morgan fingerprint density at radius 1 is 1.64 bits per heavy atom. The molecule has 6 heteroatoms. The molecule has 1 aliphatic heterocycles. The Kier molecular flexibility index (Phi) is 2.45. The van der Waals surface area contributed by atoms with Gasteiger partial charge in [0.2, 0.25) is 5.89 Å². The Balaban J connectivity index is 2.05. The normalized spacial score (nSPS) is 24.4. The van der Waals surface area contributed by atoms with Gasteiger partial charge in [-0.15, -0.1) is 0 Å². The minimum Gasteiger partial charge on any atom is -0.399 e. The van der Waals surface area contributed by atoms with Gasteiger partial charge in [-0.1, -0.05) is 10.3 Å². The maximum absolute atomic E-state index is 5.06. The van der Waals surface area contributed by atoms with E-state index in [9.17, 15) is 0 Å². The van der Waals surface area contributed by atoms with Crippen LogP contribution in [0, 0.1) is 6.92 Å². The van der Waals surface area contributed by atoms with Crippen LogP contribution in [-0.2, 0) is 4.84 Å². The van der Waals surface area contributed by atoms with Crippen LogP contribution in [0.1, 0.15) is 24.2 Å². The number of nitrogens with zero attached hydrogens (tertiary/aromatic N) is 3. The number of oxime groups is 1. The first-order valence-electron chi connectivity index (χ1n) is 4.42. The summed E-state index contributed by atoms with van der Waals surface area (Å²) in [5.74, 6) is 1.27. The SMILES string of the molecule is CON=C1CN[C@H](c2nc(C)no2)C1. The third-order valence-corrected chi connectivity index (χ3v) is 2.05. The molecule has 76 valence electrons. The third-order valence-electron chi connectivity index (χ3n) is 2.05. The Morgan fingerprint density at radius 2 is 2.50 bits per heavy atom. The molecule has 6 nitrogen and oxygen atoms in total. The number of hydrogen-bond donors (Lipinski definition) is 1. The smallest absolute Gasteiger partial charge is 0.244 e. The second-order valence-corrected chi connectivity index (χ2v) is 3.16. The molecule has 0 aliphatic carbocycles. The molecule has 1 fully saturated rings. The quantitative estimate of drug-likeness (QED) is 0.694. The van der Waals surface area contributed by atoms with Crippen molar-refractivity contribution >= 4 is 5.71 Å².